The van der Waals surface area contributed by atoms with Crippen molar-refractivity contribution in [3.63, 3.8) is 0 Å². The van der Waals surface area contributed by atoms with Crippen LogP contribution in [0.1, 0.15) is 11.7 Å². The number of aliphatic hydroxyl groups excluding tert-OH is 2. The normalized spacial score (nSPS) is 14.6. The van der Waals surface area contributed by atoms with Gasteiger partial charge in [0, 0.05) is 6.54 Å². The van der Waals surface area contributed by atoms with Crippen LogP contribution in [0.25, 0.3) is 0 Å². The maximum Gasteiger partial charge on any atom is 0.132 e. The molecule has 1 rings (SSSR count). The zero-order valence-electron chi connectivity index (χ0n) is 9.27. The van der Waals surface area contributed by atoms with E-state index in [9.17, 15) is 14.6 Å². The molecular weight excluding hydrogens is 213 g/mol. The molecule has 0 fully saturated rings. The summed E-state index contributed by atoms with van der Waals surface area (Å²) >= 11 is 0. The third kappa shape index (κ3) is 2.69. The quantitative estimate of drug-likeness (QED) is 0.686. The topological polar surface area (TPSA) is 61.7 Å². The fourth-order valence-corrected chi connectivity index (χ4v) is 1.50. The first-order valence-corrected chi connectivity index (χ1v) is 4.95. The van der Waals surface area contributed by atoms with E-state index in [1.165, 1.54) is 25.3 Å². The summed E-state index contributed by atoms with van der Waals surface area (Å²) in [6, 6.07) is 4.23. The summed E-state index contributed by atoms with van der Waals surface area (Å²) < 4.78 is 18.5. The Hall–Kier alpha value is -1.17. The van der Waals surface area contributed by atoms with Crippen molar-refractivity contribution in [1.82, 2.24) is 5.32 Å². The van der Waals surface area contributed by atoms with E-state index in [0.29, 0.717) is 0 Å². The molecule has 5 heteroatoms. The molecule has 2 atom stereocenters. The van der Waals surface area contributed by atoms with Crippen molar-refractivity contribution in [2.24, 2.45) is 0 Å². The Bertz CT molecular complexity index is 346. The number of likely N-dealkylation sites (N-methyl/N-ethyl adjacent to an activating group) is 1. The number of methoxy groups -OCH3 is 1. The second-order valence-electron chi connectivity index (χ2n) is 3.43. The Kier molecular flexibility index (Phi) is 4.67. The van der Waals surface area contributed by atoms with Crippen molar-refractivity contribution < 1.29 is 19.3 Å². The van der Waals surface area contributed by atoms with Gasteiger partial charge in [0.2, 0.25) is 0 Å². The smallest absolute Gasteiger partial charge is 0.132 e. The molecule has 0 spiro atoms. The summed E-state index contributed by atoms with van der Waals surface area (Å²) in [5, 5.41) is 22.1. The maximum atomic E-state index is 13.5. The molecule has 3 N–H and O–H groups in total. The summed E-state index contributed by atoms with van der Waals surface area (Å²) in [6.07, 6.45) is -2.40. The number of nitrogens with one attached hydrogen (secondary N) is 1. The molecule has 0 aromatic heterocycles. The molecule has 0 aliphatic carbocycles. The highest BCUT2D eigenvalue weighted by Gasteiger charge is 2.24. The van der Waals surface area contributed by atoms with Crippen molar-refractivity contribution in [3.05, 3.63) is 29.6 Å². The summed E-state index contributed by atoms with van der Waals surface area (Å²) in [4.78, 5) is 0. The lowest BCUT2D eigenvalue weighted by atomic mass is 10.0. The minimum absolute atomic E-state index is 0.0206. The molecule has 90 valence electrons. The molecule has 0 radical (unpaired) electrons. The fourth-order valence-electron chi connectivity index (χ4n) is 1.50. The molecule has 16 heavy (non-hydrogen) atoms. The van der Waals surface area contributed by atoms with E-state index in [-0.39, 0.29) is 17.9 Å². The highest BCUT2D eigenvalue weighted by Crippen LogP contribution is 2.29. The second kappa shape index (κ2) is 5.79. The number of aliphatic hydroxyl groups is 2. The minimum Gasteiger partial charge on any atom is -0.496 e. The molecule has 0 aliphatic rings. The van der Waals surface area contributed by atoms with Crippen LogP contribution in [0.3, 0.4) is 0 Å². The molecule has 0 saturated carbocycles. The van der Waals surface area contributed by atoms with Crippen molar-refractivity contribution >= 4 is 0 Å². The van der Waals surface area contributed by atoms with Crippen LogP contribution in [0.4, 0.5) is 4.39 Å². The van der Waals surface area contributed by atoms with Gasteiger partial charge in [-0.3, -0.25) is 0 Å². The van der Waals surface area contributed by atoms with Gasteiger partial charge in [0.05, 0.1) is 18.8 Å². The van der Waals surface area contributed by atoms with Gasteiger partial charge in [-0.05, 0) is 19.2 Å². The second-order valence-corrected chi connectivity index (χ2v) is 3.43. The molecule has 0 amide bonds. The predicted molar refractivity (Wildman–Crippen MR) is 57.8 cm³/mol. The van der Waals surface area contributed by atoms with Crippen LogP contribution in [0.5, 0.6) is 5.75 Å². The van der Waals surface area contributed by atoms with E-state index in [2.05, 4.69) is 5.32 Å². The van der Waals surface area contributed by atoms with E-state index in [0.717, 1.165) is 0 Å². The molecular formula is C11H16FNO3. The van der Waals surface area contributed by atoms with Gasteiger partial charge in [-0.25, -0.2) is 4.39 Å². The summed E-state index contributed by atoms with van der Waals surface area (Å²) in [5.74, 6) is -0.371. The molecule has 1 aromatic rings. The maximum absolute atomic E-state index is 13.5. The van der Waals surface area contributed by atoms with Gasteiger partial charge in [0.25, 0.3) is 0 Å². The van der Waals surface area contributed by atoms with Crippen LogP contribution in [0, 0.1) is 5.82 Å². The number of rotatable bonds is 5. The largest absolute Gasteiger partial charge is 0.496 e. The van der Waals surface area contributed by atoms with E-state index < -0.39 is 18.0 Å². The minimum atomic E-state index is -1.32. The molecule has 2 unspecified atom stereocenters. The Balaban J connectivity index is 3.01. The van der Waals surface area contributed by atoms with Crippen LogP contribution in [-0.4, -0.2) is 37.0 Å². The number of halogens is 1. The van der Waals surface area contributed by atoms with Gasteiger partial charge >= 0.3 is 0 Å². The van der Waals surface area contributed by atoms with Crippen LogP contribution in [0.15, 0.2) is 18.2 Å². The third-order valence-electron chi connectivity index (χ3n) is 2.31. The Morgan fingerprint density at radius 3 is 2.69 bits per heavy atom. The fraction of sp³-hybridized carbons (Fsp3) is 0.455. The standard InChI is InChI=1S/C11H16FNO3/c1-13-6-8(14)11(15)10-7(12)4-3-5-9(10)16-2/h3-5,8,11,13-15H,6H2,1-2H3. The highest BCUT2D eigenvalue weighted by molar-refractivity contribution is 5.36. The average Bonchev–Trinajstić information content (AvgIpc) is 2.28. The predicted octanol–water partition coefficient (Wildman–Crippen LogP) is 0.448. The van der Waals surface area contributed by atoms with E-state index in [1.807, 2.05) is 0 Å². The first kappa shape index (κ1) is 12.9. The van der Waals surface area contributed by atoms with Gasteiger partial charge < -0.3 is 20.3 Å². The van der Waals surface area contributed by atoms with Crippen molar-refractivity contribution in [2.75, 3.05) is 20.7 Å². The van der Waals surface area contributed by atoms with E-state index in [4.69, 9.17) is 4.74 Å². The zero-order valence-corrected chi connectivity index (χ0v) is 9.27. The molecule has 1 aromatic carbocycles. The number of benzene rings is 1. The number of ether oxygens (including phenoxy) is 1. The van der Waals surface area contributed by atoms with Crippen LogP contribution >= 0.6 is 0 Å². The SMILES string of the molecule is CNCC(O)C(O)c1c(F)cccc1OC. The number of hydrogen-bond acceptors (Lipinski definition) is 4. The monoisotopic (exact) mass is 229 g/mol. The third-order valence-corrected chi connectivity index (χ3v) is 2.31. The summed E-state index contributed by atoms with van der Waals surface area (Å²) in [7, 11) is 3.02. The molecule has 0 heterocycles. The van der Waals surface area contributed by atoms with Gasteiger partial charge in [-0.2, -0.15) is 0 Å². The van der Waals surface area contributed by atoms with Crippen molar-refractivity contribution in [3.8, 4) is 5.75 Å². The van der Waals surface area contributed by atoms with Crippen LogP contribution in [0.2, 0.25) is 0 Å². The van der Waals surface area contributed by atoms with Crippen molar-refractivity contribution in [1.29, 1.82) is 0 Å². The van der Waals surface area contributed by atoms with Gasteiger partial charge in [-0.15, -0.1) is 0 Å². The van der Waals surface area contributed by atoms with Crippen LogP contribution in [-0.2, 0) is 0 Å². The molecule has 4 nitrogen and oxygen atoms in total. The highest BCUT2D eigenvalue weighted by atomic mass is 19.1. The Labute approximate surface area is 93.7 Å². The zero-order chi connectivity index (χ0) is 12.1. The summed E-state index contributed by atoms with van der Waals surface area (Å²) in [5.41, 5.74) is -0.0206. The number of hydrogen-bond donors (Lipinski definition) is 3. The first-order valence-electron chi connectivity index (χ1n) is 4.95. The molecule has 0 aliphatic heterocycles. The lowest BCUT2D eigenvalue weighted by molar-refractivity contribution is 0.0167. The molecule has 0 bridgehead atoms. The van der Waals surface area contributed by atoms with Gasteiger partial charge in [0.15, 0.2) is 0 Å². The Morgan fingerprint density at radius 2 is 2.12 bits per heavy atom. The van der Waals surface area contributed by atoms with Crippen LogP contribution < -0.4 is 10.1 Å². The average molecular weight is 229 g/mol. The molecule has 0 saturated heterocycles. The Morgan fingerprint density at radius 1 is 1.44 bits per heavy atom. The van der Waals surface area contributed by atoms with E-state index >= 15 is 0 Å². The lowest BCUT2D eigenvalue weighted by Gasteiger charge is -2.20. The summed E-state index contributed by atoms with van der Waals surface area (Å²) in [6.45, 7) is 0.165. The lowest BCUT2D eigenvalue weighted by Crippen LogP contribution is -2.30. The van der Waals surface area contributed by atoms with Gasteiger partial charge in [-0.1, -0.05) is 6.07 Å². The van der Waals surface area contributed by atoms with Crippen molar-refractivity contribution in [2.45, 2.75) is 12.2 Å². The van der Waals surface area contributed by atoms with E-state index in [1.54, 1.807) is 7.05 Å². The first-order chi connectivity index (χ1) is 7.61. The van der Waals surface area contributed by atoms with Gasteiger partial charge in [0.1, 0.15) is 17.7 Å².